The second-order valence-corrected chi connectivity index (χ2v) is 10.3. The molecule has 196 valence electrons. The van der Waals surface area contributed by atoms with Gasteiger partial charge >= 0.3 is 12.3 Å². The molecule has 0 aliphatic carbocycles. The molecule has 1 fully saturated rings. The predicted octanol–water partition coefficient (Wildman–Crippen LogP) is 5.54. The van der Waals surface area contributed by atoms with Crippen molar-refractivity contribution in [3.05, 3.63) is 58.1 Å². The molecule has 0 saturated carbocycles. The zero-order valence-corrected chi connectivity index (χ0v) is 21.9. The number of alkyl halides is 3. The first-order valence-electron chi connectivity index (χ1n) is 11.4. The highest BCUT2D eigenvalue weighted by molar-refractivity contribution is 9.10. The summed E-state index contributed by atoms with van der Waals surface area (Å²) in [6.45, 7) is 6.63. The molecule has 2 amide bonds. The Bertz CT molecular complexity index is 1060. The lowest BCUT2D eigenvalue weighted by Gasteiger charge is -2.36. The molecule has 1 aliphatic heterocycles. The maximum atomic E-state index is 13.8. The van der Waals surface area contributed by atoms with E-state index < -0.39 is 29.3 Å². The summed E-state index contributed by atoms with van der Waals surface area (Å²) in [5.41, 5.74) is -1.30. The van der Waals surface area contributed by atoms with Crippen LogP contribution in [0.25, 0.3) is 0 Å². The van der Waals surface area contributed by atoms with Gasteiger partial charge in [0.25, 0.3) is 5.91 Å². The van der Waals surface area contributed by atoms with Gasteiger partial charge in [-0.15, -0.1) is 0 Å². The predicted molar refractivity (Wildman–Crippen MR) is 133 cm³/mol. The number of hydrogen-bond donors (Lipinski definition) is 1. The molecular formula is C25H29BrF3N3O4. The van der Waals surface area contributed by atoms with Crippen LogP contribution < -0.4 is 10.1 Å². The molecule has 7 nitrogen and oxygen atoms in total. The van der Waals surface area contributed by atoms with Crippen LogP contribution >= 0.6 is 15.9 Å². The van der Waals surface area contributed by atoms with Gasteiger partial charge in [0.05, 0.1) is 5.56 Å². The van der Waals surface area contributed by atoms with E-state index in [-0.39, 0.29) is 24.4 Å². The molecule has 11 heteroatoms. The average molecular weight is 572 g/mol. The molecule has 1 N–H and O–H groups in total. The topological polar surface area (TPSA) is 71.1 Å². The first-order valence-corrected chi connectivity index (χ1v) is 12.2. The monoisotopic (exact) mass is 571 g/mol. The molecule has 1 aliphatic rings. The van der Waals surface area contributed by atoms with Crippen LogP contribution in [-0.2, 0) is 22.3 Å². The maximum absolute atomic E-state index is 13.8. The van der Waals surface area contributed by atoms with E-state index in [0.29, 0.717) is 31.9 Å². The molecule has 0 aromatic heterocycles. The fraction of sp³-hybridized carbons (Fsp3) is 0.440. The molecule has 0 atom stereocenters. The van der Waals surface area contributed by atoms with Gasteiger partial charge in [-0.2, -0.15) is 13.2 Å². The van der Waals surface area contributed by atoms with Crippen LogP contribution in [0.1, 0.15) is 31.9 Å². The van der Waals surface area contributed by atoms with Gasteiger partial charge in [-0.1, -0.05) is 22.0 Å². The Balaban J connectivity index is 1.59. The number of carbonyl (C=O) groups excluding carboxylic acids is 2. The van der Waals surface area contributed by atoms with Crippen LogP contribution in [0.4, 0.5) is 23.7 Å². The number of carbonyl (C=O) groups is 2. The summed E-state index contributed by atoms with van der Waals surface area (Å²) in [5, 5.41) is 2.46. The molecule has 36 heavy (non-hydrogen) atoms. The van der Waals surface area contributed by atoms with E-state index in [4.69, 9.17) is 9.47 Å². The second kappa shape index (κ2) is 11.5. The SMILES string of the molecule is CC(C)(C)OC(=O)N1CCN(Cc2ccc(NC(=O)COc3ccc(Br)cc3)cc2C(F)(F)F)CC1. The number of rotatable bonds is 6. The highest BCUT2D eigenvalue weighted by atomic mass is 79.9. The normalized spacial score (nSPS) is 14.9. The molecule has 0 unspecified atom stereocenters. The fourth-order valence-corrected chi connectivity index (χ4v) is 3.85. The van der Waals surface area contributed by atoms with Crippen molar-refractivity contribution in [1.82, 2.24) is 9.80 Å². The average Bonchev–Trinajstić information content (AvgIpc) is 2.78. The lowest BCUT2D eigenvalue weighted by atomic mass is 10.0. The Morgan fingerprint density at radius 1 is 1.00 bits per heavy atom. The van der Waals surface area contributed by atoms with Gasteiger partial charge < -0.3 is 19.7 Å². The van der Waals surface area contributed by atoms with Crippen molar-refractivity contribution in [2.45, 2.75) is 39.1 Å². The summed E-state index contributed by atoms with van der Waals surface area (Å²) in [6.07, 6.45) is -5.02. The number of benzene rings is 2. The zero-order valence-electron chi connectivity index (χ0n) is 20.3. The number of amides is 2. The summed E-state index contributed by atoms with van der Waals surface area (Å²) in [4.78, 5) is 27.8. The Morgan fingerprint density at radius 2 is 1.64 bits per heavy atom. The fourth-order valence-electron chi connectivity index (χ4n) is 3.59. The molecule has 2 aromatic rings. The van der Waals surface area contributed by atoms with Crippen LogP contribution in [0.5, 0.6) is 5.75 Å². The third kappa shape index (κ3) is 8.41. The Hall–Kier alpha value is -2.79. The molecule has 3 rings (SSSR count). The Kier molecular flexibility index (Phi) is 8.89. The standard InChI is InChI=1S/C25H29BrF3N3O4/c1-24(2,3)36-23(34)32-12-10-31(11-13-32)15-17-4-7-19(14-21(17)25(27,28)29)30-22(33)16-35-20-8-5-18(26)6-9-20/h4-9,14H,10-13,15-16H2,1-3H3,(H,30,33). The van der Waals surface area contributed by atoms with Gasteiger partial charge in [0.2, 0.25) is 0 Å². The lowest BCUT2D eigenvalue weighted by molar-refractivity contribution is -0.138. The van der Waals surface area contributed by atoms with Gasteiger partial charge in [-0.05, 0) is 62.7 Å². The highest BCUT2D eigenvalue weighted by Crippen LogP contribution is 2.34. The first kappa shape index (κ1) is 27.8. The van der Waals surface area contributed by atoms with Crippen LogP contribution in [-0.4, -0.2) is 60.2 Å². The number of halogens is 4. The molecule has 1 heterocycles. The van der Waals surface area contributed by atoms with E-state index in [1.165, 1.54) is 12.1 Å². The molecule has 2 aromatic carbocycles. The van der Waals surface area contributed by atoms with Crippen molar-refractivity contribution in [3.8, 4) is 5.75 Å². The van der Waals surface area contributed by atoms with E-state index in [1.807, 2.05) is 4.90 Å². The summed E-state index contributed by atoms with van der Waals surface area (Å²) in [6, 6.07) is 10.6. The van der Waals surface area contributed by atoms with E-state index in [1.54, 1.807) is 49.9 Å². The van der Waals surface area contributed by atoms with Crippen molar-refractivity contribution < 1.29 is 32.2 Å². The van der Waals surface area contributed by atoms with Crippen LogP contribution in [0.15, 0.2) is 46.9 Å². The van der Waals surface area contributed by atoms with Crippen LogP contribution in [0.2, 0.25) is 0 Å². The largest absolute Gasteiger partial charge is 0.484 e. The number of nitrogens with one attached hydrogen (secondary N) is 1. The minimum atomic E-state index is -4.59. The number of piperazine rings is 1. The maximum Gasteiger partial charge on any atom is 0.416 e. The van der Waals surface area contributed by atoms with E-state index in [9.17, 15) is 22.8 Å². The van der Waals surface area contributed by atoms with Gasteiger partial charge in [0, 0.05) is 42.9 Å². The van der Waals surface area contributed by atoms with Gasteiger partial charge in [0.1, 0.15) is 11.4 Å². The second-order valence-electron chi connectivity index (χ2n) is 9.40. The van der Waals surface area contributed by atoms with E-state index >= 15 is 0 Å². The van der Waals surface area contributed by atoms with Crippen molar-refractivity contribution in [1.29, 1.82) is 0 Å². The number of ether oxygens (including phenoxy) is 2. The first-order chi connectivity index (χ1) is 16.8. The summed E-state index contributed by atoms with van der Waals surface area (Å²) < 4.78 is 53.0. The third-order valence-electron chi connectivity index (χ3n) is 5.30. The van der Waals surface area contributed by atoms with Crippen molar-refractivity contribution >= 4 is 33.6 Å². The molecule has 0 spiro atoms. The molecule has 1 saturated heterocycles. The summed E-state index contributed by atoms with van der Waals surface area (Å²) in [7, 11) is 0. The number of nitrogens with zero attached hydrogens (tertiary/aromatic N) is 2. The number of hydrogen-bond acceptors (Lipinski definition) is 5. The minimum Gasteiger partial charge on any atom is -0.484 e. The smallest absolute Gasteiger partial charge is 0.416 e. The summed E-state index contributed by atoms with van der Waals surface area (Å²) >= 11 is 3.30. The number of anilines is 1. The van der Waals surface area contributed by atoms with Crippen molar-refractivity contribution in [2.75, 3.05) is 38.1 Å². The summed E-state index contributed by atoms with van der Waals surface area (Å²) in [5.74, 6) is -0.108. The molecule has 0 radical (unpaired) electrons. The van der Waals surface area contributed by atoms with Gasteiger partial charge in [-0.3, -0.25) is 9.69 Å². The minimum absolute atomic E-state index is 0.0326. The van der Waals surface area contributed by atoms with Gasteiger partial charge in [-0.25, -0.2) is 4.79 Å². The van der Waals surface area contributed by atoms with Gasteiger partial charge in [0.15, 0.2) is 6.61 Å². The van der Waals surface area contributed by atoms with Crippen LogP contribution in [0.3, 0.4) is 0 Å². The molecule has 0 bridgehead atoms. The van der Waals surface area contributed by atoms with Crippen LogP contribution in [0, 0.1) is 0 Å². The van der Waals surface area contributed by atoms with E-state index in [0.717, 1.165) is 10.5 Å². The van der Waals surface area contributed by atoms with E-state index in [2.05, 4.69) is 21.2 Å². The Morgan fingerprint density at radius 3 is 2.22 bits per heavy atom. The lowest BCUT2D eigenvalue weighted by Crippen LogP contribution is -2.49. The third-order valence-corrected chi connectivity index (χ3v) is 5.83. The molecular weight excluding hydrogens is 543 g/mol. The Labute approximate surface area is 216 Å². The quantitative estimate of drug-likeness (QED) is 0.493. The zero-order chi connectivity index (χ0) is 26.5. The van der Waals surface area contributed by atoms with Crippen molar-refractivity contribution in [2.24, 2.45) is 0 Å². The van der Waals surface area contributed by atoms with Crippen molar-refractivity contribution in [3.63, 3.8) is 0 Å². The highest BCUT2D eigenvalue weighted by Gasteiger charge is 2.35.